The van der Waals surface area contributed by atoms with Crippen LogP contribution in [0.4, 0.5) is 34.3 Å². The molecule has 1 aliphatic carbocycles. The Bertz CT molecular complexity index is 4270. The summed E-state index contributed by atoms with van der Waals surface area (Å²) in [6.45, 7) is 0. The summed E-state index contributed by atoms with van der Waals surface area (Å²) < 4.78 is 2.55. The third-order valence-electron chi connectivity index (χ3n) is 16.7. The number of nitrogens with zero attached hydrogens (tertiary/aromatic N) is 3. The van der Waals surface area contributed by atoms with E-state index in [0.717, 1.165) is 39.5 Å². The number of hydrogen-bond donors (Lipinski definition) is 0. The lowest BCUT2D eigenvalue weighted by molar-refractivity contribution is 0.768. The Morgan fingerprint density at radius 1 is 0.342 bits per heavy atom. The number of anilines is 6. The van der Waals surface area contributed by atoms with Crippen LogP contribution >= 0.6 is 0 Å². The molecule has 0 bridgehead atoms. The van der Waals surface area contributed by atoms with Crippen LogP contribution in [0, 0.1) is 0 Å². The number of rotatable bonds is 10. The van der Waals surface area contributed by atoms with Gasteiger partial charge in [-0.15, -0.1) is 0 Å². The summed E-state index contributed by atoms with van der Waals surface area (Å²) in [6, 6.07) is 120. The van der Waals surface area contributed by atoms with Gasteiger partial charge in [-0.25, -0.2) is 0 Å². The summed E-state index contributed by atoms with van der Waals surface area (Å²) in [7, 11) is -3.21. The van der Waals surface area contributed by atoms with E-state index in [-0.39, 0.29) is 0 Å². The van der Waals surface area contributed by atoms with Crippen molar-refractivity contribution >= 4 is 74.0 Å². The molecule has 0 radical (unpaired) electrons. The predicted octanol–water partition coefficient (Wildman–Crippen LogP) is 16.3. The van der Waals surface area contributed by atoms with Crippen molar-refractivity contribution in [2.24, 2.45) is 0 Å². The first-order valence-corrected chi connectivity index (χ1v) is 29.3. The highest BCUT2D eigenvalue weighted by Gasteiger charge is 2.52. The summed E-state index contributed by atoms with van der Waals surface area (Å²) in [5, 5.41) is 6.66. The molecule has 1 aliphatic heterocycles. The SMILES string of the molecule is c1ccc(N(c2cccc(-c3cccc4c3c3c(n4-c4ccccc4)N(c4ccccc4)c4ccccc4[Si]3(c3ccccc3)c3ccccc3)c2)c2ccc3c(c2)C(c2ccccc2)(c2ccccc2)c2ccccc2-3)cc1. The van der Waals surface area contributed by atoms with Crippen molar-refractivity contribution in [3.63, 3.8) is 0 Å². The fraction of sp³-hybridized carbons (Fsp3) is 0.0133. The number of fused-ring (bicyclic) bond motifs is 7. The zero-order valence-corrected chi connectivity index (χ0v) is 44.4. The quantitative estimate of drug-likeness (QED) is 0.127. The standard InChI is InChI=1S/C75H53N3Si/c1-8-29-55(30-9-1)75(56-31-10-2-11-32-56)67-46-23-22-44-65(67)66-51-50-61(53-68(66)75)76(57-33-12-3-13-34-57)60-39-26-28-54(52-60)64-45-27-48-70-72(64)73-74(78(70)59-37-16-5-17-38-59)77(58-35-14-4-15-36-58)69-47-24-25-49-71(69)79(73,62-40-18-6-19-41-62)63-42-20-7-21-43-63/h1-53H. The monoisotopic (exact) mass is 1020 g/mol. The summed E-state index contributed by atoms with van der Waals surface area (Å²) >= 11 is 0. The number of hydrogen-bond acceptors (Lipinski definition) is 2. The minimum Gasteiger partial charge on any atom is -0.310 e. The molecule has 0 spiro atoms. The van der Waals surface area contributed by atoms with Crippen molar-refractivity contribution in [2.75, 3.05) is 9.80 Å². The van der Waals surface area contributed by atoms with Gasteiger partial charge in [-0.05, 0) is 133 Å². The highest BCUT2D eigenvalue weighted by atomic mass is 28.3. The first kappa shape index (κ1) is 46.3. The fourth-order valence-electron chi connectivity index (χ4n) is 13.6. The molecule has 0 saturated carbocycles. The average Bonchev–Trinajstić information content (AvgIpc) is 3.77. The van der Waals surface area contributed by atoms with Gasteiger partial charge in [-0.1, -0.05) is 249 Å². The molecule has 2 aliphatic rings. The van der Waals surface area contributed by atoms with Gasteiger partial charge in [-0.2, -0.15) is 0 Å². The van der Waals surface area contributed by atoms with Crippen molar-refractivity contribution in [3.8, 4) is 27.9 Å². The summed E-state index contributed by atoms with van der Waals surface area (Å²) in [4.78, 5) is 5.00. The summed E-state index contributed by atoms with van der Waals surface area (Å²) in [5.74, 6) is 1.17. The molecule has 0 fully saturated rings. The molecule has 372 valence electrons. The van der Waals surface area contributed by atoms with E-state index in [1.807, 2.05) is 0 Å². The lowest BCUT2D eigenvalue weighted by atomic mass is 9.67. The second kappa shape index (κ2) is 18.9. The first-order valence-electron chi connectivity index (χ1n) is 27.3. The van der Waals surface area contributed by atoms with E-state index >= 15 is 0 Å². The maximum absolute atomic E-state index is 3.21. The molecule has 3 nitrogen and oxygen atoms in total. The lowest BCUT2D eigenvalue weighted by Gasteiger charge is -2.44. The van der Waals surface area contributed by atoms with E-state index < -0.39 is 13.5 Å². The van der Waals surface area contributed by atoms with Gasteiger partial charge in [0.05, 0.1) is 10.9 Å². The molecule has 1 aromatic heterocycles. The fourth-order valence-corrected chi connectivity index (χ4v) is 18.9. The molecule has 4 heteroatoms. The van der Waals surface area contributed by atoms with Crippen LogP contribution in [0.1, 0.15) is 22.3 Å². The maximum Gasteiger partial charge on any atom is 0.186 e. The van der Waals surface area contributed by atoms with Crippen LogP contribution < -0.4 is 30.5 Å². The van der Waals surface area contributed by atoms with Gasteiger partial charge in [-0.3, -0.25) is 9.47 Å². The molecule has 0 saturated heterocycles. The van der Waals surface area contributed by atoms with Gasteiger partial charge >= 0.3 is 0 Å². The Hall–Kier alpha value is -10.0. The van der Waals surface area contributed by atoms with Crippen LogP contribution in [0.5, 0.6) is 0 Å². The molecule has 12 aromatic carbocycles. The maximum atomic E-state index is 2.55. The number of benzene rings is 12. The predicted molar refractivity (Wildman–Crippen MR) is 333 cm³/mol. The van der Waals surface area contributed by atoms with Gasteiger partial charge in [0, 0.05) is 44.7 Å². The zero-order valence-electron chi connectivity index (χ0n) is 43.4. The van der Waals surface area contributed by atoms with E-state index in [0.29, 0.717) is 0 Å². The van der Waals surface area contributed by atoms with Gasteiger partial charge in [0.15, 0.2) is 8.07 Å². The Morgan fingerprint density at radius 3 is 1.49 bits per heavy atom. The van der Waals surface area contributed by atoms with Crippen LogP contribution in [0.25, 0.3) is 38.8 Å². The van der Waals surface area contributed by atoms with Gasteiger partial charge in [0.1, 0.15) is 5.82 Å². The molecule has 15 rings (SSSR count). The van der Waals surface area contributed by atoms with Crippen LogP contribution in [0.2, 0.25) is 0 Å². The molecular formula is C75H53N3Si. The Morgan fingerprint density at radius 2 is 0.835 bits per heavy atom. The molecule has 0 amide bonds. The average molecular weight is 1020 g/mol. The number of aromatic nitrogens is 1. The van der Waals surface area contributed by atoms with E-state index in [4.69, 9.17) is 0 Å². The van der Waals surface area contributed by atoms with Crippen LogP contribution in [-0.4, -0.2) is 12.6 Å². The van der Waals surface area contributed by atoms with E-state index in [1.54, 1.807) is 0 Å². The smallest absolute Gasteiger partial charge is 0.186 e. The highest BCUT2D eigenvalue weighted by molar-refractivity contribution is 7.22. The Balaban J connectivity index is 1.02. The molecule has 79 heavy (non-hydrogen) atoms. The minimum atomic E-state index is -3.21. The summed E-state index contributed by atoms with van der Waals surface area (Å²) in [6.07, 6.45) is 0. The lowest BCUT2D eigenvalue weighted by Crippen LogP contribution is -2.77. The molecule has 13 aromatic rings. The van der Waals surface area contributed by atoms with Crippen molar-refractivity contribution in [1.29, 1.82) is 0 Å². The van der Waals surface area contributed by atoms with E-state index in [9.17, 15) is 0 Å². The minimum absolute atomic E-state index is 0.546. The normalized spacial score (nSPS) is 13.5. The molecule has 2 heterocycles. The van der Waals surface area contributed by atoms with Crippen molar-refractivity contribution in [1.82, 2.24) is 4.57 Å². The molecule has 0 unspecified atom stereocenters. The number of para-hydroxylation sites is 4. The Labute approximate surface area is 462 Å². The first-order chi connectivity index (χ1) is 39.2. The zero-order chi connectivity index (χ0) is 52.3. The van der Waals surface area contributed by atoms with Crippen molar-refractivity contribution in [3.05, 3.63) is 344 Å². The Kier molecular flexibility index (Phi) is 11.1. The van der Waals surface area contributed by atoms with Crippen LogP contribution in [-0.2, 0) is 5.41 Å². The van der Waals surface area contributed by atoms with Gasteiger partial charge in [0.2, 0.25) is 0 Å². The summed E-state index contributed by atoms with van der Waals surface area (Å²) in [5.41, 5.74) is 17.2. The largest absolute Gasteiger partial charge is 0.310 e. The van der Waals surface area contributed by atoms with Gasteiger partial charge in [0.25, 0.3) is 0 Å². The van der Waals surface area contributed by atoms with E-state index in [1.165, 1.54) is 76.6 Å². The molecule has 0 atom stereocenters. The third kappa shape index (κ3) is 7.05. The topological polar surface area (TPSA) is 11.4 Å². The molecule has 0 N–H and O–H groups in total. The van der Waals surface area contributed by atoms with Crippen LogP contribution in [0.3, 0.4) is 0 Å². The van der Waals surface area contributed by atoms with Crippen LogP contribution in [0.15, 0.2) is 322 Å². The second-order valence-corrected chi connectivity index (χ2v) is 24.4. The van der Waals surface area contributed by atoms with Gasteiger partial charge < -0.3 is 4.90 Å². The second-order valence-electron chi connectivity index (χ2n) is 20.7. The molecular weight excluding hydrogens is 971 g/mol. The highest BCUT2D eigenvalue weighted by Crippen LogP contribution is 2.57. The van der Waals surface area contributed by atoms with Crippen molar-refractivity contribution in [2.45, 2.75) is 5.41 Å². The van der Waals surface area contributed by atoms with Crippen molar-refractivity contribution < 1.29 is 0 Å². The third-order valence-corrected chi connectivity index (χ3v) is 21.5. The van der Waals surface area contributed by atoms with E-state index in [2.05, 4.69) is 336 Å².